The fraction of sp³-hybridized carbons (Fsp3) is 0.667. The normalized spacial score (nSPS) is 26.4. The molecule has 5 atom stereocenters. The molecule has 0 aromatic carbocycles. The Kier molecular flexibility index (Phi) is 5.48. The van der Waals surface area contributed by atoms with Crippen LogP contribution in [-0.2, 0) is 11.2 Å². The number of aromatic nitrogens is 2. The Bertz CT molecular complexity index is 849. The second kappa shape index (κ2) is 7.70. The lowest BCUT2D eigenvalue weighted by Crippen LogP contribution is -2.43. The zero-order chi connectivity index (χ0) is 19.1. The molecule has 6 heteroatoms. The molecule has 2 saturated carbocycles. The third-order valence-corrected chi connectivity index (χ3v) is 8.61. The smallest absolute Gasteiger partial charge is 0.233 e. The van der Waals surface area contributed by atoms with Crippen LogP contribution in [0, 0.1) is 24.7 Å². The number of hydrogen-bond acceptors (Lipinski definition) is 5. The van der Waals surface area contributed by atoms with E-state index in [0.29, 0.717) is 5.92 Å². The van der Waals surface area contributed by atoms with Gasteiger partial charge in [0.15, 0.2) is 0 Å². The standard InChI is InChI=1S/C21H29N3OS2/c1-5-16-10-18-20(23-13(4)24-21(18)27-16)26-12(3)19(25)22-11(2)17-9-14-6-7-15(17)8-14/h10-12,14-15,17H,5-9H2,1-4H3,(H,22,25). The van der Waals surface area contributed by atoms with E-state index in [4.69, 9.17) is 0 Å². The van der Waals surface area contributed by atoms with Crippen LogP contribution in [0.25, 0.3) is 10.2 Å². The second-order valence-corrected chi connectivity index (χ2v) is 10.7. The number of nitrogens with one attached hydrogen (secondary N) is 1. The molecule has 0 aliphatic heterocycles. The van der Waals surface area contributed by atoms with Gasteiger partial charge in [0, 0.05) is 16.3 Å². The molecule has 2 aromatic heterocycles. The van der Waals surface area contributed by atoms with Gasteiger partial charge < -0.3 is 5.32 Å². The minimum absolute atomic E-state index is 0.130. The quantitative estimate of drug-likeness (QED) is 0.546. The van der Waals surface area contributed by atoms with Gasteiger partial charge in [-0.1, -0.05) is 25.1 Å². The van der Waals surface area contributed by atoms with Crippen molar-refractivity contribution < 1.29 is 4.79 Å². The Hall–Kier alpha value is -1.14. The van der Waals surface area contributed by atoms with Crippen LogP contribution in [0.5, 0.6) is 0 Å². The highest BCUT2D eigenvalue weighted by Gasteiger charge is 2.42. The summed E-state index contributed by atoms with van der Waals surface area (Å²) in [6.07, 6.45) is 6.44. The van der Waals surface area contributed by atoms with E-state index in [-0.39, 0.29) is 17.2 Å². The van der Waals surface area contributed by atoms with Crippen LogP contribution in [0.1, 0.15) is 57.2 Å². The number of amides is 1. The molecular weight excluding hydrogens is 374 g/mol. The molecule has 2 heterocycles. The van der Waals surface area contributed by atoms with Crippen molar-refractivity contribution in [2.45, 2.75) is 76.1 Å². The number of carbonyl (C=O) groups is 1. The zero-order valence-corrected chi connectivity index (χ0v) is 18.3. The summed E-state index contributed by atoms with van der Waals surface area (Å²) in [5.41, 5.74) is 0. The first-order valence-corrected chi connectivity index (χ1v) is 11.9. The van der Waals surface area contributed by atoms with E-state index in [9.17, 15) is 4.79 Å². The SMILES string of the molecule is CCc1cc2c(SC(C)C(=O)NC(C)C3CC4CCC3C4)nc(C)nc2s1. The molecule has 0 saturated heterocycles. The number of hydrogen-bond donors (Lipinski definition) is 1. The number of thioether (sulfide) groups is 1. The van der Waals surface area contributed by atoms with Crippen LogP contribution in [0.2, 0.25) is 0 Å². The van der Waals surface area contributed by atoms with Crippen LogP contribution < -0.4 is 5.32 Å². The van der Waals surface area contributed by atoms with Gasteiger partial charge in [0.25, 0.3) is 0 Å². The van der Waals surface area contributed by atoms with Gasteiger partial charge in [0.2, 0.25) is 5.91 Å². The molecule has 2 bridgehead atoms. The lowest BCUT2D eigenvalue weighted by Gasteiger charge is -2.29. The molecule has 5 unspecified atom stereocenters. The number of carbonyl (C=O) groups excluding carboxylic acids is 1. The summed E-state index contributed by atoms with van der Waals surface area (Å²) in [5, 5.41) is 5.17. The molecule has 2 aliphatic rings. The molecule has 2 aliphatic carbocycles. The van der Waals surface area contributed by atoms with Crippen molar-refractivity contribution in [2.24, 2.45) is 17.8 Å². The number of fused-ring (bicyclic) bond motifs is 3. The summed E-state index contributed by atoms with van der Waals surface area (Å²) in [7, 11) is 0. The van der Waals surface area contributed by atoms with Crippen molar-refractivity contribution in [1.29, 1.82) is 0 Å². The highest BCUT2D eigenvalue weighted by atomic mass is 32.2. The van der Waals surface area contributed by atoms with E-state index < -0.39 is 0 Å². The Balaban J connectivity index is 1.44. The van der Waals surface area contributed by atoms with Crippen molar-refractivity contribution in [3.63, 3.8) is 0 Å². The molecule has 2 aromatic rings. The fourth-order valence-corrected chi connectivity index (χ4v) is 6.94. The van der Waals surface area contributed by atoms with Crippen LogP contribution in [0.3, 0.4) is 0 Å². The molecule has 1 amide bonds. The Morgan fingerprint density at radius 3 is 2.81 bits per heavy atom. The van der Waals surface area contributed by atoms with E-state index in [0.717, 1.165) is 39.3 Å². The summed E-state index contributed by atoms with van der Waals surface area (Å²) in [5.74, 6) is 3.32. The van der Waals surface area contributed by atoms with Crippen LogP contribution in [-0.4, -0.2) is 27.2 Å². The van der Waals surface area contributed by atoms with Crippen molar-refractivity contribution in [3.8, 4) is 0 Å². The Labute approximate surface area is 169 Å². The van der Waals surface area contributed by atoms with Gasteiger partial charge in [-0.05, 0) is 70.3 Å². The molecule has 0 radical (unpaired) electrons. The number of rotatable bonds is 6. The van der Waals surface area contributed by atoms with Gasteiger partial charge >= 0.3 is 0 Å². The molecule has 4 nitrogen and oxygen atoms in total. The van der Waals surface area contributed by atoms with E-state index in [2.05, 4.69) is 35.2 Å². The molecular formula is C21H29N3OS2. The van der Waals surface area contributed by atoms with Gasteiger partial charge in [-0.2, -0.15) is 0 Å². The largest absolute Gasteiger partial charge is 0.352 e. The van der Waals surface area contributed by atoms with E-state index >= 15 is 0 Å². The second-order valence-electron chi connectivity index (χ2n) is 8.26. The third-order valence-electron chi connectivity index (χ3n) is 6.33. The molecule has 2 fully saturated rings. The highest BCUT2D eigenvalue weighted by Crippen LogP contribution is 2.49. The van der Waals surface area contributed by atoms with E-state index in [1.807, 2.05) is 13.8 Å². The van der Waals surface area contributed by atoms with Gasteiger partial charge in [-0.25, -0.2) is 9.97 Å². The average Bonchev–Trinajstić information content (AvgIpc) is 3.36. The average molecular weight is 404 g/mol. The van der Waals surface area contributed by atoms with Gasteiger partial charge in [-0.15, -0.1) is 11.3 Å². The van der Waals surface area contributed by atoms with Crippen LogP contribution in [0.15, 0.2) is 11.1 Å². The predicted octanol–water partition coefficient (Wildman–Crippen LogP) is 4.98. The monoisotopic (exact) mass is 403 g/mol. The first-order chi connectivity index (χ1) is 12.9. The van der Waals surface area contributed by atoms with Crippen molar-refractivity contribution in [2.75, 3.05) is 0 Å². The Morgan fingerprint density at radius 1 is 1.33 bits per heavy atom. The van der Waals surface area contributed by atoms with Gasteiger partial charge in [0.05, 0.1) is 5.25 Å². The third kappa shape index (κ3) is 3.88. The van der Waals surface area contributed by atoms with Crippen molar-refractivity contribution in [3.05, 3.63) is 16.8 Å². The topological polar surface area (TPSA) is 54.9 Å². The summed E-state index contributed by atoms with van der Waals surface area (Å²) in [6.45, 7) is 8.27. The summed E-state index contributed by atoms with van der Waals surface area (Å²) in [6, 6.07) is 2.46. The van der Waals surface area contributed by atoms with E-state index in [1.165, 1.54) is 30.6 Å². The van der Waals surface area contributed by atoms with Crippen LogP contribution >= 0.6 is 23.1 Å². The van der Waals surface area contributed by atoms with Crippen molar-refractivity contribution >= 4 is 39.2 Å². The maximum Gasteiger partial charge on any atom is 0.233 e. The number of aryl methyl sites for hydroxylation is 2. The lowest BCUT2D eigenvalue weighted by molar-refractivity contribution is -0.121. The van der Waals surface area contributed by atoms with Crippen LogP contribution in [0.4, 0.5) is 0 Å². The molecule has 0 spiro atoms. The predicted molar refractivity (Wildman–Crippen MR) is 113 cm³/mol. The molecule has 146 valence electrons. The fourth-order valence-electron chi connectivity index (χ4n) is 4.89. The number of nitrogens with zero attached hydrogens (tertiary/aromatic N) is 2. The van der Waals surface area contributed by atoms with Gasteiger partial charge in [0.1, 0.15) is 15.7 Å². The summed E-state index contributed by atoms with van der Waals surface area (Å²) in [4.78, 5) is 24.4. The maximum absolute atomic E-state index is 12.8. The first kappa shape index (κ1) is 19.2. The summed E-state index contributed by atoms with van der Waals surface area (Å²) >= 11 is 3.29. The zero-order valence-electron chi connectivity index (χ0n) is 16.6. The van der Waals surface area contributed by atoms with E-state index in [1.54, 1.807) is 23.1 Å². The maximum atomic E-state index is 12.8. The minimum atomic E-state index is -0.159. The number of thiophene rings is 1. The molecule has 4 rings (SSSR count). The van der Waals surface area contributed by atoms with Crippen molar-refractivity contribution in [1.82, 2.24) is 15.3 Å². The molecule has 27 heavy (non-hydrogen) atoms. The Morgan fingerprint density at radius 2 is 2.15 bits per heavy atom. The lowest BCUT2D eigenvalue weighted by atomic mass is 9.84. The first-order valence-electron chi connectivity index (χ1n) is 10.2. The molecule has 1 N–H and O–H groups in total. The summed E-state index contributed by atoms with van der Waals surface area (Å²) < 4.78 is 0. The minimum Gasteiger partial charge on any atom is -0.352 e. The van der Waals surface area contributed by atoms with Gasteiger partial charge in [-0.3, -0.25) is 4.79 Å². The highest BCUT2D eigenvalue weighted by molar-refractivity contribution is 8.00.